The Labute approximate surface area is 94.5 Å². The number of fused-ring (bicyclic) bond motifs is 1. The van der Waals surface area contributed by atoms with Crippen LogP contribution in [0.1, 0.15) is 18.4 Å². The third kappa shape index (κ3) is 2.52. The molecule has 1 unspecified atom stereocenters. The first-order valence-corrected chi connectivity index (χ1v) is 6.28. The van der Waals surface area contributed by atoms with Crippen LogP contribution in [0.15, 0.2) is 23.1 Å². The average molecular weight is 225 g/mol. The van der Waals surface area contributed by atoms with Gasteiger partial charge in [-0.05, 0) is 45.0 Å². The minimum Gasteiger partial charge on any atom is -0.320 e. The second kappa shape index (κ2) is 4.99. The van der Waals surface area contributed by atoms with Crippen LogP contribution in [0.4, 0.5) is 4.39 Å². The van der Waals surface area contributed by atoms with Crippen molar-refractivity contribution in [1.29, 1.82) is 0 Å². The fourth-order valence-electron chi connectivity index (χ4n) is 1.96. The van der Waals surface area contributed by atoms with Crippen LogP contribution in [0.25, 0.3) is 0 Å². The van der Waals surface area contributed by atoms with Crippen LogP contribution in [-0.2, 0) is 6.42 Å². The monoisotopic (exact) mass is 225 g/mol. The fourth-order valence-corrected chi connectivity index (χ4v) is 3.34. The molecule has 2 rings (SSSR count). The molecule has 0 aromatic heterocycles. The van der Waals surface area contributed by atoms with E-state index < -0.39 is 0 Å². The van der Waals surface area contributed by atoms with Crippen molar-refractivity contribution in [3.05, 3.63) is 29.6 Å². The van der Waals surface area contributed by atoms with Gasteiger partial charge < -0.3 is 5.32 Å². The summed E-state index contributed by atoms with van der Waals surface area (Å²) in [4.78, 5) is 1.14. The van der Waals surface area contributed by atoms with Gasteiger partial charge in [0.2, 0.25) is 0 Å². The molecule has 0 fully saturated rings. The molecule has 1 heterocycles. The van der Waals surface area contributed by atoms with E-state index in [-0.39, 0.29) is 5.82 Å². The first kappa shape index (κ1) is 11.0. The molecular formula is C12H16FNS. The van der Waals surface area contributed by atoms with Crippen LogP contribution in [0.5, 0.6) is 0 Å². The topological polar surface area (TPSA) is 12.0 Å². The van der Waals surface area contributed by atoms with Crippen molar-refractivity contribution in [1.82, 2.24) is 5.32 Å². The lowest BCUT2D eigenvalue weighted by atomic mass is 10.1. The van der Waals surface area contributed by atoms with Gasteiger partial charge in [-0.25, -0.2) is 4.39 Å². The van der Waals surface area contributed by atoms with E-state index in [2.05, 4.69) is 5.32 Å². The molecule has 0 bridgehead atoms. The third-order valence-electron chi connectivity index (χ3n) is 2.75. The molecule has 0 saturated heterocycles. The van der Waals surface area contributed by atoms with Gasteiger partial charge in [-0.2, -0.15) is 0 Å². The summed E-state index contributed by atoms with van der Waals surface area (Å²) in [5.74, 6) is -0.0314. The molecule has 1 N–H and O–H groups in total. The van der Waals surface area contributed by atoms with Crippen molar-refractivity contribution in [2.45, 2.75) is 29.4 Å². The summed E-state index contributed by atoms with van der Waals surface area (Å²) in [5, 5.41) is 3.72. The van der Waals surface area contributed by atoms with Gasteiger partial charge in [-0.1, -0.05) is 6.07 Å². The maximum absolute atomic E-state index is 13.4. The maximum Gasteiger partial charge on any atom is 0.127 e. The second-order valence-corrected chi connectivity index (χ2v) is 5.25. The summed E-state index contributed by atoms with van der Waals surface area (Å²) >= 11 is 1.83. The predicted molar refractivity (Wildman–Crippen MR) is 62.9 cm³/mol. The van der Waals surface area contributed by atoms with E-state index in [1.165, 1.54) is 12.8 Å². The molecule has 0 amide bonds. The number of benzene rings is 1. The van der Waals surface area contributed by atoms with Crippen LogP contribution < -0.4 is 5.32 Å². The maximum atomic E-state index is 13.4. The van der Waals surface area contributed by atoms with E-state index >= 15 is 0 Å². The first-order chi connectivity index (χ1) is 7.31. The van der Waals surface area contributed by atoms with Crippen LogP contribution in [0.3, 0.4) is 0 Å². The van der Waals surface area contributed by atoms with Gasteiger partial charge in [0.05, 0.1) is 0 Å². The molecule has 0 saturated carbocycles. The molecule has 1 aromatic rings. The summed E-state index contributed by atoms with van der Waals surface area (Å²) < 4.78 is 13.4. The van der Waals surface area contributed by atoms with Crippen molar-refractivity contribution in [2.75, 3.05) is 13.6 Å². The van der Waals surface area contributed by atoms with Crippen LogP contribution in [-0.4, -0.2) is 18.8 Å². The molecule has 0 aliphatic carbocycles. The Balaban J connectivity index is 1.94. The SMILES string of the molecule is CNCCCC1Cc2c(F)cccc2S1. The molecule has 0 radical (unpaired) electrons. The largest absolute Gasteiger partial charge is 0.320 e. The second-order valence-electron chi connectivity index (χ2n) is 3.91. The number of halogens is 1. The Morgan fingerprint density at radius 2 is 2.40 bits per heavy atom. The molecule has 1 aromatic carbocycles. The summed E-state index contributed by atoms with van der Waals surface area (Å²) in [6.07, 6.45) is 3.24. The molecule has 3 heteroatoms. The van der Waals surface area contributed by atoms with E-state index in [4.69, 9.17) is 0 Å². The minimum absolute atomic E-state index is 0.0314. The number of thioether (sulfide) groups is 1. The Kier molecular flexibility index (Phi) is 3.65. The van der Waals surface area contributed by atoms with E-state index in [0.717, 1.165) is 23.4 Å². The highest BCUT2D eigenvalue weighted by atomic mass is 32.2. The zero-order valence-corrected chi connectivity index (χ0v) is 9.74. The summed E-state index contributed by atoms with van der Waals surface area (Å²) in [5.41, 5.74) is 0.928. The van der Waals surface area contributed by atoms with Crippen LogP contribution in [0, 0.1) is 5.82 Å². The Morgan fingerprint density at radius 1 is 1.53 bits per heavy atom. The smallest absolute Gasteiger partial charge is 0.127 e. The van der Waals surface area contributed by atoms with Gasteiger partial charge in [0, 0.05) is 15.7 Å². The molecule has 1 aliphatic heterocycles. The predicted octanol–water partition coefficient (Wildman–Crippen LogP) is 2.84. The molecule has 82 valence electrons. The van der Waals surface area contributed by atoms with E-state index in [0.29, 0.717) is 5.25 Å². The third-order valence-corrected chi connectivity index (χ3v) is 4.13. The lowest BCUT2D eigenvalue weighted by molar-refractivity contribution is 0.595. The van der Waals surface area contributed by atoms with Gasteiger partial charge in [-0.3, -0.25) is 0 Å². The van der Waals surface area contributed by atoms with Gasteiger partial charge in [-0.15, -0.1) is 11.8 Å². The van der Waals surface area contributed by atoms with Crippen molar-refractivity contribution in [3.63, 3.8) is 0 Å². The number of hydrogen-bond donors (Lipinski definition) is 1. The summed E-state index contributed by atoms with van der Waals surface area (Å²) in [7, 11) is 1.97. The first-order valence-electron chi connectivity index (χ1n) is 5.40. The summed E-state index contributed by atoms with van der Waals surface area (Å²) in [6, 6.07) is 5.40. The molecular weight excluding hydrogens is 209 g/mol. The molecule has 15 heavy (non-hydrogen) atoms. The Bertz CT molecular complexity index is 340. The average Bonchev–Trinajstić information content (AvgIpc) is 2.63. The minimum atomic E-state index is -0.0314. The van der Waals surface area contributed by atoms with Crippen molar-refractivity contribution in [3.8, 4) is 0 Å². The van der Waals surface area contributed by atoms with E-state index in [1.54, 1.807) is 12.1 Å². The zero-order valence-electron chi connectivity index (χ0n) is 8.92. The fraction of sp³-hybridized carbons (Fsp3) is 0.500. The van der Waals surface area contributed by atoms with Crippen LogP contribution in [0.2, 0.25) is 0 Å². The number of rotatable bonds is 4. The normalized spacial score (nSPS) is 19.2. The highest BCUT2D eigenvalue weighted by Gasteiger charge is 2.23. The standard InChI is InChI=1S/C12H16FNS/c1-14-7-3-4-9-8-10-11(13)5-2-6-12(10)15-9/h2,5-6,9,14H,3-4,7-8H2,1H3. The zero-order chi connectivity index (χ0) is 10.7. The number of hydrogen-bond acceptors (Lipinski definition) is 2. The van der Waals surface area contributed by atoms with E-state index in [1.807, 2.05) is 24.9 Å². The highest BCUT2D eigenvalue weighted by molar-refractivity contribution is 8.00. The van der Waals surface area contributed by atoms with Crippen molar-refractivity contribution < 1.29 is 4.39 Å². The highest BCUT2D eigenvalue weighted by Crippen LogP contribution is 2.39. The van der Waals surface area contributed by atoms with Crippen LogP contribution >= 0.6 is 11.8 Å². The number of nitrogens with one attached hydrogen (secondary N) is 1. The summed E-state index contributed by atoms with van der Waals surface area (Å²) in [6.45, 7) is 1.05. The van der Waals surface area contributed by atoms with Gasteiger partial charge in [0.1, 0.15) is 5.82 Å². The van der Waals surface area contributed by atoms with Gasteiger partial charge >= 0.3 is 0 Å². The quantitative estimate of drug-likeness (QED) is 0.791. The Morgan fingerprint density at radius 3 is 3.13 bits per heavy atom. The van der Waals surface area contributed by atoms with Crippen molar-refractivity contribution >= 4 is 11.8 Å². The lowest BCUT2D eigenvalue weighted by Gasteiger charge is -2.06. The molecule has 1 nitrogen and oxygen atoms in total. The van der Waals surface area contributed by atoms with Gasteiger partial charge in [0.15, 0.2) is 0 Å². The van der Waals surface area contributed by atoms with Gasteiger partial charge in [0.25, 0.3) is 0 Å². The lowest BCUT2D eigenvalue weighted by Crippen LogP contribution is -2.10. The molecule has 1 atom stereocenters. The van der Waals surface area contributed by atoms with E-state index in [9.17, 15) is 4.39 Å². The Hall–Kier alpha value is -0.540. The molecule has 0 spiro atoms. The molecule has 1 aliphatic rings. The van der Waals surface area contributed by atoms with Crippen molar-refractivity contribution in [2.24, 2.45) is 0 Å².